The topological polar surface area (TPSA) is 75.7 Å². The summed E-state index contributed by atoms with van der Waals surface area (Å²) in [7, 11) is -3.68. The number of nitrogens with zero attached hydrogens (tertiary/aromatic N) is 1. The molecular weight excluding hydrogens is 467 g/mol. The van der Waals surface area contributed by atoms with Gasteiger partial charge in [0.05, 0.1) is 4.90 Å². The predicted molar refractivity (Wildman–Crippen MR) is 132 cm³/mol. The number of nitrogens with one attached hydrogen (secondary N) is 1. The second kappa shape index (κ2) is 11.5. The van der Waals surface area contributed by atoms with Gasteiger partial charge in [-0.2, -0.15) is 4.31 Å². The molecule has 1 heterocycles. The molecule has 1 fully saturated rings. The lowest BCUT2D eigenvalue weighted by atomic mass is 9.97. The number of ether oxygens (including phenoxy) is 1. The number of hydrogen-bond acceptors (Lipinski definition) is 4. The first-order chi connectivity index (χ1) is 16.9. The SMILES string of the molecule is O=C(NCCc1ccc(OCc2ccccc2)cc1)C1CCN(S(=O)(=O)c2ccc(F)cc2)CC1. The number of rotatable bonds is 9. The van der Waals surface area contributed by atoms with Crippen molar-refractivity contribution < 1.29 is 22.3 Å². The van der Waals surface area contributed by atoms with Gasteiger partial charge in [0.1, 0.15) is 18.2 Å². The van der Waals surface area contributed by atoms with E-state index in [0.29, 0.717) is 32.4 Å². The molecule has 1 amide bonds. The van der Waals surface area contributed by atoms with Crippen LogP contribution >= 0.6 is 0 Å². The number of hydrogen-bond donors (Lipinski definition) is 1. The van der Waals surface area contributed by atoms with Gasteiger partial charge in [0.2, 0.25) is 15.9 Å². The molecule has 8 heteroatoms. The Balaban J connectivity index is 1.19. The minimum absolute atomic E-state index is 0.0494. The summed E-state index contributed by atoms with van der Waals surface area (Å²) in [6, 6.07) is 22.6. The maximum atomic E-state index is 13.1. The number of sulfonamides is 1. The van der Waals surface area contributed by atoms with Gasteiger partial charge in [0, 0.05) is 25.6 Å². The van der Waals surface area contributed by atoms with Crippen LogP contribution in [0.1, 0.15) is 24.0 Å². The Morgan fingerprint density at radius 3 is 2.23 bits per heavy atom. The standard InChI is InChI=1S/C27H29FN2O4S/c28-24-8-12-26(13-9-24)35(32,33)30-18-15-23(16-19-30)27(31)29-17-14-21-6-10-25(11-7-21)34-20-22-4-2-1-3-5-22/h1-13,23H,14-20H2,(H,29,31). The molecule has 4 rings (SSSR count). The van der Waals surface area contributed by atoms with Crippen LogP contribution < -0.4 is 10.1 Å². The zero-order chi connectivity index (χ0) is 24.7. The Bertz CT molecular complexity index is 1210. The van der Waals surface area contributed by atoms with Crippen LogP contribution in [0.15, 0.2) is 83.8 Å². The summed E-state index contributed by atoms with van der Waals surface area (Å²) in [6.07, 6.45) is 1.61. The fourth-order valence-electron chi connectivity index (χ4n) is 4.08. The van der Waals surface area contributed by atoms with E-state index in [1.807, 2.05) is 54.6 Å². The van der Waals surface area contributed by atoms with Gasteiger partial charge in [0.25, 0.3) is 0 Å². The minimum Gasteiger partial charge on any atom is -0.489 e. The molecule has 0 spiro atoms. The Kier molecular flexibility index (Phi) is 8.15. The number of carbonyl (C=O) groups is 1. The van der Waals surface area contributed by atoms with Gasteiger partial charge in [-0.1, -0.05) is 42.5 Å². The fraction of sp³-hybridized carbons (Fsp3) is 0.296. The molecule has 0 aromatic heterocycles. The van der Waals surface area contributed by atoms with Gasteiger partial charge in [-0.05, 0) is 66.8 Å². The molecule has 0 saturated carbocycles. The van der Waals surface area contributed by atoms with Crippen LogP contribution in [0.4, 0.5) is 4.39 Å². The van der Waals surface area contributed by atoms with Gasteiger partial charge in [-0.3, -0.25) is 4.79 Å². The molecule has 3 aromatic carbocycles. The summed E-state index contributed by atoms with van der Waals surface area (Å²) in [4.78, 5) is 12.7. The van der Waals surface area contributed by atoms with Crippen LogP contribution in [-0.4, -0.2) is 38.3 Å². The second-order valence-corrected chi connectivity index (χ2v) is 10.5. The van der Waals surface area contributed by atoms with Crippen LogP contribution in [0.2, 0.25) is 0 Å². The summed E-state index contributed by atoms with van der Waals surface area (Å²) in [5, 5.41) is 2.97. The highest BCUT2D eigenvalue weighted by Gasteiger charge is 2.31. The lowest BCUT2D eigenvalue weighted by Crippen LogP contribution is -2.43. The quantitative estimate of drug-likeness (QED) is 0.483. The second-order valence-electron chi connectivity index (χ2n) is 8.59. The molecule has 0 atom stereocenters. The van der Waals surface area contributed by atoms with E-state index in [2.05, 4.69) is 5.32 Å². The third kappa shape index (κ3) is 6.68. The molecule has 0 radical (unpaired) electrons. The first kappa shape index (κ1) is 24.9. The molecule has 1 N–H and O–H groups in total. The first-order valence-electron chi connectivity index (χ1n) is 11.7. The van der Waals surface area contributed by atoms with Crippen molar-refractivity contribution in [3.63, 3.8) is 0 Å². The third-order valence-electron chi connectivity index (χ3n) is 6.16. The first-order valence-corrected chi connectivity index (χ1v) is 13.1. The van der Waals surface area contributed by atoms with Gasteiger partial charge < -0.3 is 10.1 Å². The maximum absolute atomic E-state index is 13.1. The van der Waals surface area contributed by atoms with Crippen LogP contribution in [0, 0.1) is 11.7 Å². The molecule has 35 heavy (non-hydrogen) atoms. The van der Waals surface area contributed by atoms with E-state index in [1.165, 1.54) is 16.4 Å². The molecule has 184 valence electrons. The van der Waals surface area contributed by atoms with Crippen molar-refractivity contribution in [3.05, 3.63) is 95.8 Å². The number of benzene rings is 3. The molecule has 1 aliphatic heterocycles. The lowest BCUT2D eigenvalue weighted by Gasteiger charge is -2.30. The average Bonchev–Trinajstić information content (AvgIpc) is 2.89. The molecule has 0 aliphatic carbocycles. The van der Waals surface area contributed by atoms with Crippen molar-refractivity contribution in [2.24, 2.45) is 5.92 Å². The van der Waals surface area contributed by atoms with Gasteiger partial charge in [-0.25, -0.2) is 12.8 Å². The monoisotopic (exact) mass is 496 g/mol. The van der Waals surface area contributed by atoms with E-state index in [4.69, 9.17) is 4.74 Å². The molecule has 6 nitrogen and oxygen atoms in total. The Hall–Kier alpha value is -3.23. The zero-order valence-electron chi connectivity index (χ0n) is 19.4. The maximum Gasteiger partial charge on any atom is 0.243 e. The number of halogens is 1. The summed E-state index contributed by atoms with van der Waals surface area (Å²) < 4.78 is 45.8. The molecule has 3 aromatic rings. The van der Waals surface area contributed by atoms with Crippen LogP contribution in [0.5, 0.6) is 5.75 Å². The van der Waals surface area contributed by atoms with Crippen LogP contribution in [0.25, 0.3) is 0 Å². The van der Waals surface area contributed by atoms with Crippen molar-refractivity contribution in [2.75, 3.05) is 19.6 Å². The molecular formula is C27H29FN2O4S. The van der Waals surface area contributed by atoms with E-state index in [0.717, 1.165) is 29.0 Å². The van der Waals surface area contributed by atoms with E-state index in [9.17, 15) is 17.6 Å². The number of carbonyl (C=O) groups excluding carboxylic acids is 1. The van der Waals surface area contributed by atoms with E-state index in [1.54, 1.807) is 0 Å². The van der Waals surface area contributed by atoms with Gasteiger partial charge in [-0.15, -0.1) is 0 Å². The molecule has 1 aliphatic rings. The summed E-state index contributed by atoms with van der Waals surface area (Å²) in [5.41, 5.74) is 2.20. The number of amides is 1. The lowest BCUT2D eigenvalue weighted by molar-refractivity contribution is -0.126. The average molecular weight is 497 g/mol. The summed E-state index contributed by atoms with van der Waals surface area (Å²) in [6.45, 7) is 1.56. The Labute approximate surface area is 205 Å². The highest BCUT2D eigenvalue weighted by atomic mass is 32.2. The normalized spacial score (nSPS) is 15.0. The van der Waals surface area contributed by atoms with Gasteiger partial charge in [0.15, 0.2) is 0 Å². The summed E-state index contributed by atoms with van der Waals surface area (Å²) >= 11 is 0. The molecule has 0 unspecified atom stereocenters. The highest BCUT2D eigenvalue weighted by molar-refractivity contribution is 7.89. The van der Waals surface area contributed by atoms with E-state index < -0.39 is 15.8 Å². The smallest absolute Gasteiger partial charge is 0.243 e. The van der Waals surface area contributed by atoms with E-state index >= 15 is 0 Å². The largest absolute Gasteiger partial charge is 0.489 e. The summed E-state index contributed by atoms with van der Waals surface area (Å²) in [5.74, 6) is 0.0470. The van der Waals surface area contributed by atoms with Crippen LogP contribution in [-0.2, 0) is 27.8 Å². The molecule has 1 saturated heterocycles. The van der Waals surface area contributed by atoms with Crippen LogP contribution in [0.3, 0.4) is 0 Å². The van der Waals surface area contributed by atoms with Gasteiger partial charge >= 0.3 is 0 Å². The zero-order valence-corrected chi connectivity index (χ0v) is 20.2. The fourth-order valence-corrected chi connectivity index (χ4v) is 5.55. The van der Waals surface area contributed by atoms with Crippen molar-refractivity contribution in [3.8, 4) is 5.75 Å². The minimum atomic E-state index is -3.68. The predicted octanol–water partition coefficient (Wildman–Crippen LogP) is 4.16. The molecule has 0 bridgehead atoms. The number of piperidine rings is 1. The highest BCUT2D eigenvalue weighted by Crippen LogP contribution is 2.24. The van der Waals surface area contributed by atoms with Crippen molar-refractivity contribution >= 4 is 15.9 Å². The van der Waals surface area contributed by atoms with Crippen molar-refractivity contribution in [1.29, 1.82) is 0 Å². The van der Waals surface area contributed by atoms with Crippen molar-refractivity contribution in [1.82, 2.24) is 9.62 Å². The third-order valence-corrected chi connectivity index (χ3v) is 8.07. The van der Waals surface area contributed by atoms with E-state index in [-0.39, 0.29) is 29.8 Å². The van der Waals surface area contributed by atoms with Crippen molar-refractivity contribution in [2.45, 2.75) is 30.8 Å². The Morgan fingerprint density at radius 1 is 0.914 bits per heavy atom. The Morgan fingerprint density at radius 2 is 1.57 bits per heavy atom.